The van der Waals surface area contributed by atoms with Gasteiger partial charge in [0.05, 0.1) is 13.3 Å². The Morgan fingerprint density at radius 2 is 2.29 bits per heavy atom. The Kier molecular flexibility index (Phi) is 4.84. The quantitative estimate of drug-likeness (QED) is 0.720. The summed E-state index contributed by atoms with van der Waals surface area (Å²) in [4.78, 5) is 24.7. The zero-order valence-electron chi connectivity index (χ0n) is 9.57. The molecule has 0 amide bonds. The molecular weight excluding hydrogens is 227 g/mol. The highest BCUT2D eigenvalue weighted by Gasteiger charge is 2.00. The normalized spacial score (nSPS) is 11.8. The van der Waals surface area contributed by atoms with Crippen molar-refractivity contribution in [2.75, 3.05) is 13.3 Å². The average molecular weight is 242 g/mol. The van der Waals surface area contributed by atoms with Crippen molar-refractivity contribution in [3.63, 3.8) is 0 Å². The molecule has 5 nitrogen and oxygen atoms in total. The smallest absolute Gasteiger partial charge is 0.328 e. The molecule has 0 aliphatic rings. The van der Waals surface area contributed by atoms with Crippen molar-refractivity contribution in [2.24, 2.45) is 0 Å². The number of H-pyrrole nitrogens is 1. The first kappa shape index (κ1) is 13.4. The second-order valence-electron chi connectivity index (χ2n) is 3.68. The third-order valence-corrected chi connectivity index (χ3v) is 2.38. The van der Waals surface area contributed by atoms with Crippen LogP contribution in [0.3, 0.4) is 0 Å². The van der Waals surface area contributed by atoms with E-state index in [1.165, 1.54) is 10.8 Å². The molecule has 0 aromatic carbocycles. The minimum absolute atomic E-state index is 0.146. The Morgan fingerprint density at radius 3 is 2.88 bits per heavy atom. The van der Waals surface area contributed by atoms with E-state index in [2.05, 4.69) is 4.98 Å². The predicted octanol–water partition coefficient (Wildman–Crippen LogP) is 0.123. The molecule has 94 valence electrons. The van der Waals surface area contributed by atoms with Crippen LogP contribution in [0.15, 0.2) is 27.4 Å². The van der Waals surface area contributed by atoms with E-state index in [1.54, 1.807) is 13.0 Å². The molecule has 6 heteroatoms. The van der Waals surface area contributed by atoms with Gasteiger partial charge >= 0.3 is 5.69 Å². The summed E-state index contributed by atoms with van der Waals surface area (Å²) >= 11 is 0. The molecule has 0 radical (unpaired) electrons. The summed E-state index contributed by atoms with van der Waals surface area (Å²) < 4.78 is 13.4. The number of hydrogen-bond acceptors (Lipinski definition) is 3. The molecule has 0 spiro atoms. The lowest BCUT2D eigenvalue weighted by Crippen LogP contribution is -2.30. The van der Waals surface area contributed by atoms with Gasteiger partial charge in [-0.05, 0) is 18.9 Å². The van der Waals surface area contributed by atoms with Gasteiger partial charge in [0.1, 0.15) is 0 Å². The van der Waals surface area contributed by atoms with Crippen LogP contribution in [-0.4, -0.2) is 27.9 Å². The van der Waals surface area contributed by atoms with Crippen molar-refractivity contribution < 1.29 is 9.50 Å². The molecule has 0 aliphatic heterocycles. The Balaban J connectivity index is 2.92. The van der Waals surface area contributed by atoms with Crippen molar-refractivity contribution in [3.05, 3.63) is 44.2 Å². The average Bonchev–Trinajstić information content (AvgIpc) is 2.30. The van der Waals surface area contributed by atoms with Gasteiger partial charge in [-0.2, -0.15) is 0 Å². The fraction of sp³-hybridized carbons (Fsp3) is 0.455. The number of nitrogens with one attached hydrogen (secondary N) is 1. The van der Waals surface area contributed by atoms with Crippen molar-refractivity contribution >= 4 is 0 Å². The van der Waals surface area contributed by atoms with Crippen LogP contribution in [0.25, 0.3) is 0 Å². The van der Waals surface area contributed by atoms with Crippen molar-refractivity contribution in [1.29, 1.82) is 0 Å². The highest BCUT2D eigenvalue weighted by atomic mass is 19.1. The molecule has 0 saturated carbocycles. The van der Waals surface area contributed by atoms with Crippen LogP contribution < -0.4 is 11.2 Å². The monoisotopic (exact) mass is 242 g/mol. The zero-order chi connectivity index (χ0) is 12.8. The van der Waals surface area contributed by atoms with Gasteiger partial charge in [-0.25, -0.2) is 4.79 Å². The molecule has 1 rings (SSSR count). The lowest BCUT2D eigenvalue weighted by molar-refractivity contribution is 0.320. The topological polar surface area (TPSA) is 75.1 Å². The predicted molar refractivity (Wildman–Crippen MR) is 61.8 cm³/mol. The molecule has 0 saturated heterocycles. The lowest BCUT2D eigenvalue weighted by Gasteiger charge is -2.04. The molecule has 2 N–H and O–H groups in total. The number of aromatic amines is 1. The number of alkyl halides is 1. The van der Waals surface area contributed by atoms with Gasteiger partial charge < -0.3 is 5.11 Å². The molecule has 0 fully saturated rings. The molecule has 17 heavy (non-hydrogen) atoms. The zero-order valence-corrected chi connectivity index (χ0v) is 9.57. The van der Waals surface area contributed by atoms with E-state index >= 15 is 0 Å². The van der Waals surface area contributed by atoms with Gasteiger partial charge in [0.25, 0.3) is 5.56 Å². The van der Waals surface area contributed by atoms with Crippen LogP contribution in [0.2, 0.25) is 0 Å². The summed E-state index contributed by atoms with van der Waals surface area (Å²) in [5.41, 5.74) is 0.0213. The van der Waals surface area contributed by atoms with Crippen LogP contribution in [0.5, 0.6) is 0 Å². The number of aryl methyl sites for hydroxylation is 1. The maximum absolute atomic E-state index is 12.1. The number of rotatable bonds is 5. The minimum atomic E-state index is -0.550. The summed E-state index contributed by atoms with van der Waals surface area (Å²) in [6.45, 7) is 1.01. The van der Waals surface area contributed by atoms with Crippen LogP contribution in [-0.2, 0) is 6.54 Å². The van der Waals surface area contributed by atoms with Crippen LogP contribution in [0.4, 0.5) is 4.39 Å². The second kappa shape index (κ2) is 6.15. The number of aromatic nitrogens is 2. The standard InChI is InChI=1S/C11H15FN2O3/c1-8-6-14(11(17)13-10(8)16)5-3-9(7-15)2-4-12/h3,6,15H,2,4-5,7H2,1H3,(H,13,16,17)/b9-3+. The Hall–Kier alpha value is -1.69. The van der Waals surface area contributed by atoms with Crippen molar-refractivity contribution in [1.82, 2.24) is 9.55 Å². The Labute approximate surface area is 97.2 Å². The Bertz CT molecular complexity index is 516. The third-order valence-electron chi connectivity index (χ3n) is 2.38. The summed E-state index contributed by atoms with van der Waals surface area (Å²) in [5.74, 6) is 0. The van der Waals surface area contributed by atoms with Gasteiger partial charge in [0.15, 0.2) is 0 Å². The number of nitrogens with zero attached hydrogens (tertiary/aromatic N) is 1. The maximum atomic E-state index is 12.1. The molecular formula is C11H15FN2O3. The molecule has 0 bridgehead atoms. The lowest BCUT2D eigenvalue weighted by atomic mass is 10.2. The number of hydrogen-bond donors (Lipinski definition) is 2. The van der Waals surface area contributed by atoms with Crippen LogP contribution in [0, 0.1) is 6.92 Å². The van der Waals surface area contributed by atoms with E-state index < -0.39 is 17.9 Å². The van der Waals surface area contributed by atoms with Gasteiger partial charge in [-0.1, -0.05) is 6.08 Å². The van der Waals surface area contributed by atoms with Crippen LogP contribution >= 0.6 is 0 Å². The first-order valence-electron chi connectivity index (χ1n) is 5.23. The Morgan fingerprint density at radius 1 is 1.59 bits per heavy atom. The number of aliphatic hydroxyl groups is 1. The molecule has 0 atom stereocenters. The van der Waals surface area contributed by atoms with Crippen LogP contribution in [0.1, 0.15) is 12.0 Å². The summed E-state index contributed by atoms with van der Waals surface area (Å²) in [7, 11) is 0. The third kappa shape index (κ3) is 3.67. The summed E-state index contributed by atoms with van der Waals surface area (Å²) in [5, 5.41) is 8.92. The van der Waals surface area contributed by atoms with E-state index in [4.69, 9.17) is 5.11 Å². The molecule has 1 heterocycles. The van der Waals surface area contributed by atoms with Gasteiger partial charge in [0, 0.05) is 18.3 Å². The molecule has 1 aromatic heterocycles. The van der Waals surface area contributed by atoms with Gasteiger partial charge in [-0.3, -0.25) is 18.7 Å². The van der Waals surface area contributed by atoms with E-state index in [0.29, 0.717) is 11.1 Å². The first-order valence-corrected chi connectivity index (χ1v) is 5.23. The van der Waals surface area contributed by atoms with Gasteiger partial charge in [0.2, 0.25) is 0 Å². The fourth-order valence-corrected chi connectivity index (χ4v) is 1.35. The molecule has 0 aliphatic carbocycles. The summed E-state index contributed by atoms with van der Waals surface area (Å²) in [6.07, 6.45) is 3.16. The second-order valence-corrected chi connectivity index (χ2v) is 3.68. The highest BCUT2D eigenvalue weighted by molar-refractivity contribution is 5.05. The molecule has 1 aromatic rings. The van der Waals surface area contributed by atoms with E-state index in [9.17, 15) is 14.0 Å². The van der Waals surface area contributed by atoms with Crippen molar-refractivity contribution in [3.8, 4) is 0 Å². The minimum Gasteiger partial charge on any atom is -0.392 e. The number of halogens is 1. The van der Waals surface area contributed by atoms with Gasteiger partial charge in [-0.15, -0.1) is 0 Å². The SMILES string of the molecule is Cc1cn(C/C=C(/CO)CCF)c(=O)[nH]c1=O. The van der Waals surface area contributed by atoms with E-state index in [-0.39, 0.29) is 19.6 Å². The fourth-order valence-electron chi connectivity index (χ4n) is 1.35. The summed E-state index contributed by atoms with van der Waals surface area (Å²) in [6, 6.07) is 0. The van der Waals surface area contributed by atoms with Crippen molar-refractivity contribution in [2.45, 2.75) is 19.9 Å². The highest BCUT2D eigenvalue weighted by Crippen LogP contribution is 2.01. The van der Waals surface area contributed by atoms with E-state index in [0.717, 1.165) is 0 Å². The largest absolute Gasteiger partial charge is 0.392 e. The first-order chi connectivity index (χ1) is 8.08. The number of allylic oxidation sites excluding steroid dienone is 1. The number of aliphatic hydroxyl groups excluding tert-OH is 1. The van der Waals surface area contributed by atoms with E-state index in [1.807, 2.05) is 0 Å². The molecule has 0 unspecified atom stereocenters. The maximum Gasteiger partial charge on any atom is 0.328 e.